The highest BCUT2D eigenvalue weighted by molar-refractivity contribution is 9.10. The maximum atomic E-state index is 11.2. The molecule has 14 heavy (non-hydrogen) atoms. The van der Waals surface area contributed by atoms with E-state index in [0.29, 0.717) is 16.1 Å². The van der Waals surface area contributed by atoms with Crippen molar-refractivity contribution in [1.29, 1.82) is 0 Å². The minimum absolute atomic E-state index is 0.248. The largest absolute Gasteiger partial charge is 0.303 e. The summed E-state index contributed by atoms with van der Waals surface area (Å²) >= 11 is 3.05. The lowest BCUT2D eigenvalue weighted by Gasteiger charge is -1.97. The Kier molecular flexibility index (Phi) is 2.36. The number of nitrogens with zero attached hydrogens (tertiary/aromatic N) is 3. The monoisotopic (exact) mass is 252 g/mol. The normalized spacial score (nSPS) is 10.1. The molecule has 0 saturated heterocycles. The van der Waals surface area contributed by atoms with E-state index >= 15 is 0 Å². The number of rotatable bonds is 1. The molecular formula is C8H5BrN4O. The fourth-order valence-corrected chi connectivity index (χ4v) is 1.12. The van der Waals surface area contributed by atoms with Crippen LogP contribution in [0, 0.1) is 0 Å². The maximum absolute atomic E-state index is 11.2. The van der Waals surface area contributed by atoms with E-state index in [2.05, 4.69) is 35.9 Å². The highest BCUT2D eigenvalue weighted by Gasteiger charge is 2.03. The quantitative estimate of drug-likeness (QED) is 0.822. The summed E-state index contributed by atoms with van der Waals surface area (Å²) in [5, 5.41) is 0. The average molecular weight is 253 g/mol. The zero-order chi connectivity index (χ0) is 9.97. The van der Waals surface area contributed by atoms with E-state index in [1.165, 1.54) is 6.20 Å². The van der Waals surface area contributed by atoms with Crippen molar-refractivity contribution in [3.05, 3.63) is 39.5 Å². The molecule has 2 rings (SSSR count). The standard InChI is InChI=1S/C8H5BrN4O/c9-5-4-12-7(13-8(5)14)6-10-2-1-3-11-6/h1-4H,(H,12,13,14). The Bertz CT molecular complexity index is 496. The van der Waals surface area contributed by atoms with Crippen LogP contribution >= 0.6 is 15.9 Å². The van der Waals surface area contributed by atoms with Gasteiger partial charge in [-0.15, -0.1) is 0 Å². The SMILES string of the molecule is O=c1[nH]c(-c2ncccn2)ncc1Br. The van der Waals surface area contributed by atoms with Gasteiger partial charge in [0.25, 0.3) is 5.56 Å². The summed E-state index contributed by atoms with van der Waals surface area (Å²) in [4.78, 5) is 25.7. The topological polar surface area (TPSA) is 71.5 Å². The molecule has 2 aromatic rings. The highest BCUT2D eigenvalue weighted by atomic mass is 79.9. The Hall–Kier alpha value is -1.56. The Morgan fingerprint density at radius 3 is 2.57 bits per heavy atom. The average Bonchev–Trinajstić information content (AvgIpc) is 2.23. The zero-order valence-corrected chi connectivity index (χ0v) is 8.52. The number of hydrogen-bond acceptors (Lipinski definition) is 4. The highest BCUT2D eigenvalue weighted by Crippen LogP contribution is 2.06. The summed E-state index contributed by atoms with van der Waals surface area (Å²) in [7, 11) is 0. The zero-order valence-electron chi connectivity index (χ0n) is 6.94. The third-order valence-electron chi connectivity index (χ3n) is 1.53. The van der Waals surface area contributed by atoms with Crippen molar-refractivity contribution in [2.75, 3.05) is 0 Å². The molecule has 0 spiro atoms. The number of halogens is 1. The van der Waals surface area contributed by atoms with Crippen molar-refractivity contribution < 1.29 is 0 Å². The van der Waals surface area contributed by atoms with E-state index in [-0.39, 0.29) is 5.56 Å². The molecule has 0 aliphatic carbocycles. The first kappa shape index (κ1) is 9.01. The first-order valence-corrected chi connectivity index (χ1v) is 4.59. The van der Waals surface area contributed by atoms with Crippen LogP contribution in [0.15, 0.2) is 33.9 Å². The van der Waals surface area contributed by atoms with Gasteiger partial charge in [-0.25, -0.2) is 15.0 Å². The summed E-state index contributed by atoms with van der Waals surface area (Å²) in [5.74, 6) is 0.760. The lowest BCUT2D eigenvalue weighted by molar-refractivity contribution is 1.05. The molecule has 0 radical (unpaired) electrons. The fraction of sp³-hybridized carbons (Fsp3) is 0. The van der Waals surface area contributed by atoms with Crippen molar-refractivity contribution in [2.45, 2.75) is 0 Å². The molecular weight excluding hydrogens is 248 g/mol. The van der Waals surface area contributed by atoms with Crippen LogP contribution < -0.4 is 5.56 Å². The van der Waals surface area contributed by atoms with Crippen LogP contribution in [0.25, 0.3) is 11.6 Å². The van der Waals surface area contributed by atoms with Crippen LogP contribution in [0.5, 0.6) is 0 Å². The minimum Gasteiger partial charge on any atom is -0.303 e. The Balaban J connectivity index is 2.54. The molecule has 0 aromatic carbocycles. The molecule has 0 amide bonds. The molecule has 5 nitrogen and oxygen atoms in total. The Morgan fingerprint density at radius 2 is 1.93 bits per heavy atom. The van der Waals surface area contributed by atoms with Gasteiger partial charge in [-0.3, -0.25) is 4.79 Å². The third-order valence-corrected chi connectivity index (χ3v) is 2.10. The third kappa shape index (κ3) is 1.69. The predicted molar refractivity (Wildman–Crippen MR) is 53.6 cm³/mol. The molecule has 0 unspecified atom stereocenters. The summed E-state index contributed by atoms with van der Waals surface area (Å²) < 4.78 is 0.386. The summed E-state index contributed by atoms with van der Waals surface area (Å²) in [6.45, 7) is 0. The van der Waals surface area contributed by atoms with Gasteiger partial charge in [0.15, 0.2) is 11.6 Å². The molecule has 0 aliphatic rings. The molecule has 2 heterocycles. The van der Waals surface area contributed by atoms with Crippen LogP contribution in [0.2, 0.25) is 0 Å². The van der Waals surface area contributed by atoms with E-state index in [4.69, 9.17) is 0 Å². The van der Waals surface area contributed by atoms with Crippen LogP contribution in [0.3, 0.4) is 0 Å². The smallest absolute Gasteiger partial charge is 0.265 e. The van der Waals surface area contributed by atoms with Gasteiger partial charge < -0.3 is 4.98 Å². The predicted octanol–water partition coefficient (Wildman–Crippen LogP) is 0.989. The van der Waals surface area contributed by atoms with Crippen LogP contribution in [0.4, 0.5) is 0 Å². The van der Waals surface area contributed by atoms with E-state index in [9.17, 15) is 4.79 Å². The molecule has 0 bridgehead atoms. The first-order chi connectivity index (χ1) is 6.77. The number of aromatic nitrogens is 4. The van der Waals surface area contributed by atoms with Crippen molar-refractivity contribution in [2.24, 2.45) is 0 Å². The number of aromatic amines is 1. The number of H-pyrrole nitrogens is 1. The van der Waals surface area contributed by atoms with Crippen molar-refractivity contribution >= 4 is 15.9 Å². The summed E-state index contributed by atoms with van der Waals surface area (Å²) in [5.41, 5.74) is -0.248. The summed E-state index contributed by atoms with van der Waals surface area (Å²) in [6.07, 6.45) is 4.60. The van der Waals surface area contributed by atoms with E-state index in [1.54, 1.807) is 18.5 Å². The molecule has 0 aliphatic heterocycles. The van der Waals surface area contributed by atoms with Gasteiger partial charge in [-0.1, -0.05) is 0 Å². The van der Waals surface area contributed by atoms with E-state index < -0.39 is 0 Å². The second-order valence-electron chi connectivity index (χ2n) is 2.48. The number of hydrogen-bond donors (Lipinski definition) is 1. The van der Waals surface area contributed by atoms with Crippen molar-refractivity contribution in [1.82, 2.24) is 19.9 Å². The van der Waals surface area contributed by atoms with Gasteiger partial charge in [-0.05, 0) is 22.0 Å². The van der Waals surface area contributed by atoms with Crippen molar-refractivity contribution in [3.8, 4) is 11.6 Å². The summed E-state index contributed by atoms with van der Waals surface area (Å²) in [6, 6.07) is 1.69. The van der Waals surface area contributed by atoms with Gasteiger partial charge in [-0.2, -0.15) is 0 Å². The molecule has 6 heteroatoms. The Labute approximate surface area is 87.4 Å². The molecule has 70 valence electrons. The van der Waals surface area contributed by atoms with Crippen LogP contribution in [0.1, 0.15) is 0 Å². The minimum atomic E-state index is -0.248. The molecule has 2 aromatic heterocycles. The second-order valence-corrected chi connectivity index (χ2v) is 3.34. The molecule has 1 N–H and O–H groups in total. The van der Waals surface area contributed by atoms with Gasteiger partial charge >= 0.3 is 0 Å². The van der Waals surface area contributed by atoms with Gasteiger partial charge in [0.2, 0.25) is 0 Å². The fourth-order valence-electron chi connectivity index (χ4n) is 0.914. The number of nitrogens with one attached hydrogen (secondary N) is 1. The molecule has 0 atom stereocenters. The van der Waals surface area contributed by atoms with Gasteiger partial charge in [0, 0.05) is 18.6 Å². The first-order valence-electron chi connectivity index (χ1n) is 3.79. The maximum Gasteiger partial charge on any atom is 0.265 e. The van der Waals surface area contributed by atoms with Crippen LogP contribution in [-0.4, -0.2) is 19.9 Å². The molecule has 0 saturated carbocycles. The van der Waals surface area contributed by atoms with Gasteiger partial charge in [0.1, 0.15) is 4.47 Å². The second kappa shape index (κ2) is 3.67. The lowest BCUT2D eigenvalue weighted by atomic mass is 10.5. The van der Waals surface area contributed by atoms with Crippen molar-refractivity contribution in [3.63, 3.8) is 0 Å². The van der Waals surface area contributed by atoms with E-state index in [1.807, 2.05) is 0 Å². The van der Waals surface area contributed by atoms with Crippen LogP contribution in [-0.2, 0) is 0 Å². The van der Waals surface area contributed by atoms with Gasteiger partial charge in [0.05, 0.1) is 0 Å². The Morgan fingerprint density at radius 1 is 1.21 bits per heavy atom. The molecule has 0 fully saturated rings. The lowest BCUT2D eigenvalue weighted by Crippen LogP contribution is -2.09. The van der Waals surface area contributed by atoms with E-state index in [0.717, 1.165) is 0 Å².